The molecule has 1 aromatic rings. The van der Waals surface area contributed by atoms with Gasteiger partial charge in [-0.15, -0.1) is 0 Å². The lowest BCUT2D eigenvalue weighted by Gasteiger charge is -2.59. The molecule has 1 N–H and O–H groups in total. The summed E-state index contributed by atoms with van der Waals surface area (Å²) in [6.07, 6.45) is 2.84. The van der Waals surface area contributed by atoms with E-state index in [1.165, 1.54) is 0 Å². The first-order chi connectivity index (χ1) is 11.7. The minimum atomic E-state index is -2.59. The number of carbonyl (C=O) groups is 1. The fourth-order valence-corrected chi connectivity index (χ4v) is 5.49. The number of carboxylic acid groups (broad SMARTS) is 1. The fourth-order valence-electron chi connectivity index (χ4n) is 5.27. The maximum Gasteiger partial charge on any atom is 0.338 e. The molecule has 0 saturated heterocycles. The lowest BCUT2D eigenvalue weighted by atomic mass is 9.48. The molecule has 4 aliphatic rings. The van der Waals surface area contributed by atoms with E-state index in [9.17, 15) is 18.0 Å². The molecule has 3 nitrogen and oxygen atoms in total. The third-order valence-corrected chi connectivity index (χ3v) is 6.49. The first-order valence-electron chi connectivity index (χ1n) is 8.43. The average molecular weight is 375 g/mol. The molecule has 0 aromatic heterocycles. The lowest BCUT2D eigenvalue weighted by molar-refractivity contribution is -0.230. The first kappa shape index (κ1) is 17.0. The number of alkyl halides is 2. The van der Waals surface area contributed by atoms with Crippen molar-refractivity contribution in [1.29, 1.82) is 0 Å². The second-order valence-corrected chi connectivity index (χ2v) is 8.28. The van der Waals surface area contributed by atoms with Gasteiger partial charge < -0.3 is 9.84 Å². The van der Waals surface area contributed by atoms with E-state index >= 15 is 0 Å². The topological polar surface area (TPSA) is 46.5 Å². The predicted molar refractivity (Wildman–Crippen MR) is 84.8 cm³/mol. The van der Waals surface area contributed by atoms with Crippen LogP contribution in [0.4, 0.5) is 13.2 Å². The lowest BCUT2D eigenvalue weighted by Crippen LogP contribution is -2.58. The van der Waals surface area contributed by atoms with Gasteiger partial charge in [-0.25, -0.2) is 18.0 Å². The van der Waals surface area contributed by atoms with Crippen LogP contribution in [0.5, 0.6) is 5.75 Å². The Hall–Kier alpha value is -1.43. The standard InChI is InChI=1S/C18H18ClF3O3/c19-13-3-12(16(23)24)14(20)4-15(13)25-8-17-5-9-1-10(6-17)18(21,22)11(2-9)7-17/h3-4,9-11H,1-2,5-8H2,(H,23,24). The van der Waals surface area contributed by atoms with Gasteiger partial charge in [0.1, 0.15) is 11.6 Å². The fraction of sp³-hybridized carbons (Fsp3) is 0.611. The van der Waals surface area contributed by atoms with Gasteiger partial charge >= 0.3 is 5.97 Å². The Labute approximate surface area is 148 Å². The van der Waals surface area contributed by atoms with Crippen LogP contribution in [0, 0.1) is 29.0 Å². The predicted octanol–water partition coefficient (Wildman–Crippen LogP) is 5.02. The van der Waals surface area contributed by atoms with E-state index in [0.717, 1.165) is 18.6 Å². The number of carboxylic acids is 1. The van der Waals surface area contributed by atoms with Crippen molar-refractivity contribution < 1.29 is 27.8 Å². The molecule has 0 amide bonds. The highest BCUT2D eigenvalue weighted by molar-refractivity contribution is 6.32. The third-order valence-electron chi connectivity index (χ3n) is 6.19. The van der Waals surface area contributed by atoms with Crippen molar-refractivity contribution >= 4 is 17.6 Å². The molecule has 1 aromatic carbocycles. The number of rotatable bonds is 4. The van der Waals surface area contributed by atoms with Gasteiger partial charge in [-0.3, -0.25) is 0 Å². The molecule has 0 spiro atoms. The number of ether oxygens (including phenoxy) is 1. The Morgan fingerprint density at radius 1 is 1.24 bits per heavy atom. The van der Waals surface area contributed by atoms with E-state index in [1.807, 2.05) is 0 Å². The van der Waals surface area contributed by atoms with Crippen LogP contribution >= 0.6 is 11.6 Å². The van der Waals surface area contributed by atoms with Crippen molar-refractivity contribution in [3.05, 3.63) is 28.5 Å². The Kier molecular flexibility index (Phi) is 3.76. The van der Waals surface area contributed by atoms with Crippen molar-refractivity contribution in [3.8, 4) is 5.75 Å². The van der Waals surface area contributed by atoms with Gasteiger partial charge in [0, 0.05) is 23.3 Å². The summed E-state index contributed by atoms with van der Waals surface area (Å²) in [6.45, 7) is 0.207. The molecule has 0 aliphatic heterocycles. The molecule has 7 heteroatoms. The highest BCUT2D eigenvalue weighted by Crippen LogP contribution is 2.65. The largest absolute Gasteiger partial charge is 0.491 e. The van der Waals surface area contributed by atoms with Gasteiger partial charge in [0.05, 0.1) is 17.2 Å². The number of hydrogen-bond donors (Lipinski definition) is 1. The Bertz CT molecular complexity index is 719. The van der Waals surface area contributed by atoms with E-state index in [2.05, 4.69) is 0 Å². The van der Waals surface area contributed by atoms with E-state index < -0.39 is 35.1 Å². The normalized spacial score (nSPS) is 35.0. The van der Waals surface area contributed by atoms with Crippen LogP contribution in [-0.4, -0.2) is 23.6 Å². The van der Waals surface area contributed by atoms with Crippen LogP contribution in [0.3, 0.4) is 0 Å². The van der Waals surface area contributed by atoms with Crippen LogP contribution in [-0.2, 0) is 0 Å². The van der Waals surface area contributed by atoms with Gasteiger partial charge in [-0.2, -0.15) is 0 Å². The third kappa shape index (κ3) is 2.69. The highest BCUT2D eigenvalue weighted by Gasteiger charge is 2.63. The van der Waals surface area contributed by atoms with Crippen molar-refractivity contribution in [1.82, 2.24) is 0 Å². The summed E-state index contributed by atoms with van der Waals surface area (Å²) < 4.78 is 48.2. The zero-order valence-electron chi connectivity index (χ0n) is 13.4. The van der Waals surface area contributed by atoms with Crippen LogP contribution < -0.4 is 4.74 Å². The summed E-state index contributed by atoms with van der Waals surface area (Å²) in [7, 11) is 0. The molecule has 4 aliphatic carbocycles. The SMILES string of the molecule is O=C(O)c1cc(Cl)c(OCC23CC4CC(C2)C(F)(F)C(C4)C3)cc1F. The summed E-state index contributed by atoms with van der Waals surface area (Å²) >= 11 is 6.00. The van der Waals surface area contributed by atoms with E-state index in [1.54, 1.807) is 0 Å². The van der Waals surface area contributed by atoms with Crippen LogP contribution in [0.15, 0.2) is 12.1 Å². The number of hydrogen-bond acceptors (Lipinski definition) is 2. The number of benzene rings is 1. The summed E-state index contributed by atoms with van der Waals surface area (Å²) in [4.78, 5) is 10.9. The van der Waals surface area contributed by atoms with Gasteiger partial charge in [0.25, 0.3) is 5.92 Å². The average Bonchev–Trinajstić information content (AvgIpc) is 2.52. The highest BCUT2D eigenvalue weighted by atomic mass is 35.5. The zero-order valence-corrected chi connectivity index (χ0v) is 14.2. The van der Waals surface area contributed by atoms with Gasteiger partial charge in [0.15, 0.2) is 0 Å². The molecular weight excluding hydrogens is 357 g/mol. The molecule has 4 fully saturated rings. The molecule has 0 heterocycles. The van der Waals surface area contributed by atoms with E-state index in [0.29, 0.717) is 31.6 Å². The quantitative estimate of drug-likeness (QED) is 0.805. The van der Waals surface area contributed by atoms with Crippen molar-refractivity contribution in [3.63, 3.8) is 0 Å². The maximum absolute atomic E-state index is 14.3. The Morgan fingerprint density at radius 3 is 2.48 bits per heavy atom. The minimum Gasteiger partial charge on any atom is -0.491 e. The molecule has 136 valence electrons. The summed E-state index contributed by atoms with van der Waals surface area (Å²) in [5.74, 6) is -5.74. The van der Waals surface area contributed by atoms with E-state index in [-0.39, 0.29) is 22.8 Å². The molecule has 5 rings (SSSR count). The van der Waals surface area contributed by atoms with Crippen molar-refractivity contribution in [2.45, 2.75) is 38.0 Å². The van der Waals surface area contributed by atoms with Gasteiger partial charge in [0.2, 0.25) is 0 Å². The van der Waals surface area contributed by atoms with E-state index in [4.69, 9.17) is 21.4 Å². The van der Waals surface area contributed by atoms with Crippen LogP contribution in [0.25, 0.3) is 0 Å². The molecule has 2 unspecified atom stereocenters. The van der Waals surface area contributed by atoms with Crippen LogP contribution in [0.2, 0.25) is 5.02 Å². The van der Waals surface area contributed by atoms with Crippen molar-refractivity contribution in [2.75, 3.05) is 6.61 Å². The monoisotopic (exact) mass is 374 g/mol. The smallest absolute Gasteiger partial charge is 0.338 e. The number of aromatic carboxylic acids is 1. The summed E-state index contributed by atoms with van der Waals surface area (Å²) in [5, 5.41) is 8.91. The molecule has 4 bridgehead atoms. The first-order valence-corrected chi connectivity index (χ1v) is 8.81. The minimum absolute atomic E-state index is 0.00820. The van der Waals surface area contributed by atoms with Gasteiger partial charge in [-0.1, -0.05) is 11.6 Å². The van der Waals surface area contributed by atoms with Crippen LogP contribution in [0.1, 0.15) is 42.5 Å². The molecule has 25 heavy (non-hydrogen) atoms. The maximum atomic E-state index is 14.3. The second kappa shape index (κ2) is 5.53. The summed E-state index contributed by atoms with van der Waals surface area (Å²) in [5.41, 5.74) is -0.838. The Morgan fingerprint density at radius 2 is 1.88 bits per heavy atom. The Balaban J connectivity index is 1.53. The summed E-state index contributed by atoms with van der Waals surface area (Å²) in [6, 6.07) is 1.98. The number of halogens is 4. The second-order valence-electron chi connectivity index (χ2n) is 7.87. The molecular formula is C18H18ClF3O3. The molecule has 2 atom stereocenters. The van der Waals surface area contributed by atoms with Crippen molar-refractivity contribution in [2.24, 2.45) is 23.2 Å². The van der Waals surface area contributed by atoms with Gasteiger partial charge in [-0.05, 0) is 44.1 Å². The molecule has 4 saturated carbocycles. The molecule has 0 radical (unpaired) electrons. The zero-order chi connectivity index (χ0) is 18.0.